The van der Waals surface area contributed by atoms with E-state index in [9.17, 15) is 14.7 Å². The van der Waals surface area contributed by atoms with Crippen molar-refractivity contribution in [3.05, 3.63) is 12.2 Å². The van der Waals surface area contributed by atoms with Gasteiger partial charge in [-0.1, -0.05) is 38.3 Å². The molecule has 1 aliphatic rings. The predicted octanol–water partition coefficient (Wildman–Crippen LogP) is 4.34. The summed E-state index contributed by atoms with van der Waals surface area (Å²) < 4.78 is 5.29. The van der Waals surface area contributed by atoms with Gasteiger partial charge in [-0.2, -0.15) is 0 Å². The van der Waals surface area contributed by atoms with Gasteiger partial charge in [-0.25, -0.2) is 0 Å². The van der Waals surface area contributed by atoms with Crippen LogP contribution in [0.1, 0.15) is 71.1 Å². The van der Waals surface area contributed by atoms with E-state index in [0.717, 1.165) is 44.9 Å². The lowest BCUT2D eigenvalue weighted by molar-refractivity contribution is -0.159. The van der Waals surface area contributed by atoms with Gasteiger partial charge in [0.15, 0.2) is 0 Å². The van der Waals surface area contributed by atoms with Crippen molar-refractivity contribution in [1.29, 1.82) is 0 Å². The number of ether oxygens (including phenoxy) is 1. The van der Waals surface area contributed by atoms with Crippen LogP contribution < -0.4 is 0 Å². The van der Waals surface area contributed by atoms with Crippen LogP contribution >= 0.6 is 0 Å². The molecule has 1 N–H and O–H groups in total. The Bertz CT molecular complexity index is 362. The molecule has 1 fully saturated rings. The van der Waals surface area contributed by atoms with Gasteiger partial charge in [0.05, 0.1) is 18.4 Å². The summed E-state index contributed by atoms with van der Waals surface area (Å²) in [4.78, 5) is 23.2. The lowest BCUT2D eigenvalue weighted by atomic mass is 9.79. The number of carbonyl (C=O) groups excluding carboxylic acids is 1. The number of carboxylic acid groups (broad SMARTS) is 1. The second kappa shape index (κ2) is 11.3. The fourth-order valence-electron chi connectivity index (χ4n) is 2.93. The molecule has 0 heterocycles. The molecule has 0 bridgehead atoms. The van der Waals surface area contributed by atoms with Crippen LogP contribution in [0, 0.1) is 11.8 Å². The summed E-state index contributed by atoms with van der Waals surface area (Å²) in [5.41, 5.74) is 0. The molecule has 1 saturated carbocycles. The molecule has 0 saturated heterocycles. The molecule has 4 nitrogen and oxygen atoms in total. The lowest BCUT2D eigenvalue weighted by Crippen LogP contribution is -2.33. The first-order valence-corrected chi connectivity index (χ1v) is 8.71. The Labute approximate surface area is 133 Å². The van der Waals surface area contributed by atoms with E-state index in [4.69, 9.17) is 4.74 Å². The van der Waals surface area contributed by atoms with Gasteiger partial charge in [-0.3, -0.25) is 9.59 Å². The number of carboxylic acids is 1. The molecular formula is C18H30O4. The van der Waals surface area contributed by atoms with E-state index in [1.807, 2.05) is 0 Å². The average Bonchev–Trinajstić information content (AvgIpc) is 2.53. The Morgan fingerprint density at radius 1 is 1.05 bits per heavy atom. The monoisotopic (exact) mass is 310 g/mol. The largest absolute Gasteiger partial charge is 0.481 e. The van der Waals surface area contributed by atoms with E-state index in [1.165, 1.54) is 6.42 Å². The van der Waals surface area contributed by atoms with Crippen LogP contribution in [0.2, 0.25) is 0 Å². The maximum Gasteiger partial charge on any atom is 0.309 e. The third kappa shape index (κ3) is 7.10. The van der Waals surface area contributed by atoms with E-state index in [-0.39, 0.29) is 5.97 Å². The molecule has 2 atom stereocenters. The lowest BCUT2D eigenvalue weighted by Gasteiger charge is -2.26. The molecule has 0 aromatic rings. The predicted molar refractivity (Wildman–Crippen MR) is 86.6 cm³/mol. The highest BCUT2D eigenvalue weighted by Gasteiger charge is 2.36. The third-order valence-electron chi connectivity index (χ3n) is 4.27. The van der Waals surface area contributed by atoms with Crippen LogP contribution in [-0.4, -0.2) is 23.7 Å². The highest BCUT2D eigenvalue weighted by Crippen LogP contribution is 2.31. The molecule has 1 aliphatic carbocycles. The Morgan fingerprint density at radius 3 is 2.41 bits per heavy atom. The van der Waals surface area contributed by atoms with Gasteiger partial charge in [-0.05, 0) is 44.9 Å². The van der Waals surface area contributed by atoms with Crippen molar-refractivity contribution >= 4 is 11.9 Å². The molecule has 22 heavy (non-hydrogen) atoms. The zero-order chi connectivity index (χ0) is 16.2. The topological polar surface area (TPSA) is 63.6 Å². The first-order chi connectivity index (χ1) is 10.7. The highest BCUT2D eigenvalue weighted by molar-refractivity contribution is 5.81. The maximum atomic E-state index is 12.0. The molecule has 2 unspecified atom stereocenters. The smallest absolute Gasteiger partial charge is 0.309 e. The number of esters is 1. The molecule has 0 radical (unpaired) electrons. The summed E-state index contributed by atoms with van der Waals surface area (Å²) in [7, 11) is 0. The van der Waals surface area contributed by atoms with Crippen LogP contribution in [0.4, 0.5) is 0 Å². The van der Waals surface area contributed by atoms with Crippen molar-refractivity contribution in [1.82, 2.24) is 0 Å². The number of unbranched alkanes of at least 4 members (excludes halogenated alkanes) is 4. The van der Waals surface area contributed by atoms with E-state index in [2.05, 4.69) is 19.1 Å². The number of aliphatic carboxylic acids is 1. The third-order valence-corrected chi connectivity index (χ3v) is 4.27. The molecule has 1 rings (SSSR count). The number of carbonyl (C=O) groups is 2. The Kier molecular flexibility index (Phi) is 9.60. The molecule has 0 amide bonds. The van der Waals surface area contributed by atoms with Crippen LogP contribution in [0.5, 0.6) is 0 Å². The average molecular weight is 310 g/mol. The normalized spacial score (nSPS) is 21.9. The number of hydrogen-bond donors (Lipinski definition) is 1. The van der Waals surface area contributed by atoms with E-state index >= 15 is 0 Å². The fraction of sp³-hybridized carbons (Fsp3) is 0.778. The number of hydrogen-bond acceptors (Lipinski definition) is 3. The van der Waals surface area contributed by atoms with Gasteiger partial charge in [0, 0.05) is 0 Å². The van der Waals surface area contributed by atoms with Crippen molar-refractivity contribution in [2.24, 2.45) is 11.8 Å². The van der Waals surface area contributed by atoms with Crippen molar-refractivity contribution in [3.8, 4) is 0 Å². The molecule has 0 aliphatic heterocycles. The van der Waals surface area contributed by atoms with Crippen molar-refractivity contribution < 1.29 is 19.4 Å². The number of allylic oxidation sites excluding steroid dienone is 2. The van der Waals surface area contributed by atoms with E-state index in [1.54, 1.807) is 0 Å². The molecular weight excluding hydrogens is 280 g/mol. The Balaban J connectivity index is 2.13. The SMILES string of the molecule is CCC/C=C/CCCCCOC(=O)C1CCCCC1C(=O)O. The quantitative estimate of drug-likeness (QED) is 0.370. The van der Waals surface area contributed by atoms with Crippen molar-refractivity contribution in [2.45, 2.75) is 71.1 Å². The molecule has 0 aromatic heterocycles. The summed E-state index contributed by atoms with van der Waals surface area (Å²) in [5.74, 6) is -2.16. The molecule has 126 valence electrons. The minimum absolute atomic E-state index is 0.310. The first kappa shape index (κ1) is 18.7. The van der Waals surface area contributed by atoms with Crippen molar-refractivity contribution in [3.63, 3.8) is 0 Å². The van der Waals surface area contributed by atoms with Gasteiger partial charge in [-0.15, -0.1) is 0 Å². The van der Waals surface area contributed by atoms with Crippen LogP contribution in [0.3, 0.4) is 0 Å². The number of rotatable bonds is 10. The van der Waals surface area contributed by atoms with Gasteiger partial charge in [0.25, 0.3) is 0 Å². The van der Waals surface area contributed by atoms with Gasteiger partial charge >= 0.3 is 11.9 Å². The first-order valence-electron chi connectivity index (χ1n) is 8.71. The van der Waals surface area contributed by atoms with Gasteiger partial charge < -0.3 is 9.84 Å². The second-order valence-corrected chi connectivity index (χ2v) is 6.11. The van der Waals surface area contributed by atoms with Crippen LogP contribution in [-0.2, 0) is 14.3 Å². The zero-order valence-corrected chi connectivity index (χ0v) is 13.8. The van der Waals surface area contributed by atoms with Crippen LogP contribution in [0.15, 0.2) is 12.2 Å². The Hall–Kier alpha value is -1.32. The zero-order valence-electron chi connectivity index (χ0n) is 13.8. The fourth-order valence-corrected chi connectivity index (χ4v) is 2.93. The maximum absolute atomic E-state index is 12.0. The van der Waals surface area contributed by atoms with Gasteiger partial charge in [0.2, 0.25) is 0 Å². The van der Waals surface area contributed by atoms with E-state index in [0.29, 0.717) is 19.4 Å². The Morgan fingerprint density at radius 2 is 1.73 bits per heavy atom. The summed E-state index contributed by atoms with van der Waals surface area (Å²) >= 11 is 0. The highest BCUT2D eigenvalue weighted by atomic mass is 16.5. The van der Waals surface area contributed by atoms with Crippen molar-refractivity contribution in [2.75, 3.05) is 6.61 Å². The van der Waals surface area contributed by atoms with Crippen LogP contribution in [0.25, 0.3) is 0 Å². The van der Waals surface area contributed by atoms with E-state index < -0.39 is 17.8 Å². The molecule has 0 aromatic carbocycles. The molecule has 4 heteroatoms. The second-order valence-electron chi connectivity index (χ2n) is 6.11. The minimum Gasteiger partial charge on any atom is -0.481 e. The summed E-state index contributed by atoms with van der Waals surface area (Å²) in [6.07, 6.45) is 13.9. The summed E-state index contributed by atoms with van der Waals surface area (Å²) in [6.45, 7) is 2.58. The summed E-state index contributed by atoms with van der Waals surface area (Å²) in [6, 6.07) is 0. The minimum atomic E-state index is -0.861. The standard InChI is InChI=1S/C18H30O4/c1-2-3-4-5-6-7-8-11-14-22-18(21)16-13-10-9-12-15(16)17(19)20/h4-5,15-16H,2-3,6-14H2,1H3,(H,19,20)/b5-4+. The summed E-state index contributed by atoms with van der Waals surface area (Å²) in [5, 5.41) is 9.17. The molecule has 0 spiro atoms. The van der Waals surface area contributed by atoms with Gasteiger partial charge in [0.1, 0.15) is 0 Å².